The second-order valence-corrected chi connectivity index (χ2v) is 9.20. The summed E-state index contributed by atoms with van der Waals surface area (Å²) >= 11 is 0. The minimum Gasteiger partial charge on any atom is -0.229 e. The highest BCUT2D eigenvalue weighted by Gasteiger charge is 2.66. The van der Waals surface area contributed by atoms with Gasteiger partial charge >= 0.3 is 6.18 Å². The van der Waals surface area contributed by atoms with Crippen molar-refractivity contribution in [1.82, 2.24) is 0 Å². The fourth-order valence-corrected chi connectivity index (χ4v) is 5.48. The second-order valence-electron chi connectivity index (χ2n) is 9.20. The minimum atomic E-state index is -4.57. The molecule has 0 nitrogen and oxygen atoms in total. The first kappa shape index (κ1) is 21.9. The largest absolute Gasteiger partial charge is 0.416 e. The molecule has 5 bridgehead atoms. The van der Waals surface area contributed by atoms with Crippen LogP contribution in [0.2, 0.25) is 0 Å². The van der Waals surface area contributed by atoms with Gasteiger partial charge in [-0.15, -0.1) is 0 Å². The number of benzene rings is 3. The Labute approximate surface area is 199 Å². The lowest BCUT2D eigenvalue weighted by Gasteiger charge is -2.36. The number of fused-ring (bicyclic) bond motifs is 2. The predicted molar refractivity (Wildman–Crippen MR) is 125 cm³/mol. The van der Waals surface area contributed by atoms with Gasteiger partial charge in [0.2, 0.25) is 11.3 Å². The minimum absolute atomic E-state index is 0.0542. The summed E-state index contributed by atoms with van der Waals surface area (Å²) in [5, 5.41) is 1.23. The van der Waals surface area contributed by atoms with E-state index in [1.54, 1.807) is 18.2 Å². The van der Waals surface area contributed by atoms with Gasteiger partial charge in [-0.3, -0.25) is 0 Å². The van der Waals surface area contributed by atoms with E-state index in [0.717, 1.165) is 42.7 Å². The number of hydrogen-bond donors (Lipinski definition) is 0. The fourth-order valence-electron chi connectivity index (χ4n) is 5.48. The van der Waals surface area contributed by atoms with Gasteiger partial charge in [-0.1, -0.05) is 61.6 Å². The zero-order valence-corrected chi connectivity index (χ0v) is 18.7. The van der Waals surface area contributed by atoms with Crippen LogP contribution in [0, 0.1) is 11.8 Å². The van der Waals surface area contributed by atoms with Crippen LogP contribution in [0.15, 0.2) is 78.4 Å². The molecule has 0 aliphatic heterocycles. The van der Waals surface area contributed by atoms with Crippen molar-refractivity contribution in [3.63, 3.8) is 0 Å². The topological polar surface area (TPSA) is 0 Å². The Morgan fingerprint density at radius 1 is 0.771 bits per heavy atom. The van der Waals surface area contributed by atoms with Crippen molar-refractivity contribution in [1.29, 1.82) is 0 Å². The van der Waals surface area contributed by atoms with E-state index in [0.29, 0.717) is 16.0 Å². The molecule has 174 valence electrons. The highest BCUT2D eigenvalue weighted by atomic mass is 19.4. The lowest BCUT2D eigenvalue weighted by molar-refractivity contribution is -0.137. The molecule has 0 radical (unpaired) electrons. The summed E-state index contributed by atoms with van der Waals surface area (Å²) in [5.74, 6) is 6.14. The van der Waals surface area contributed by atoms with Crippen LogP contribution in [-0.4, -0.2) is 0 Å². The summed E-state index contributed by atoms with van der Waals surface area (Å²) in [6.07, 6.45) is -1.09. The Balaban J connectivity index is 1.51. The molecular formula is C30H19F5. The number of alkyl halides is 5. The van der Waals surface area contributed by atoms with Gasteiger partial charge in [0.05, 0.1) is 5.56 Å². The Morgan fingerprint density at radius 3 is 2.11 bits per heavy atom. The maximum Gasteiger partial charge on any atom is 0.416 e. The summed E-state index contributed by atoms with van der Waals surface area (Å²) < 4.78 is 73.2. The molecular weight excluding hydrogens is 455 g/mol. The Bertz CT molecular complexity index is 1590. The molecule has 0 saturated carbocycles. The Morgan fingerprint density at radius 2 is 1.46 bits per heavy atom. The van der Waals surface area contributed by atoms with Gasteiger partial charge in [0.15, 0.2) is 0 Å². The van der Waals surface area contributed by atoms with Crippen LogP contribution in [0.4, 0.5) is 22.0 Å². The quantitative estimate of drug-likeness (QED) is 0.322. The molecule has 0 spiro atoms. The first-order chi connectivity index (χ1) is 16.7. The highest BCUT2D eigenvalue weighted by molar-refractivity contribution is 5.96. The Hall–Kier alpha value is -3.65. The van der Waals surface area contributed by atoms with E-state index in [1.165, 1.54) is 11.6 Å². The number of aryl methyl sites for hydroxylation is 1. The molecule has 3 aliphatic carbocycles. The van der Waals surface area contributed by atoms with E-state index in [1.807, 2.05) is 24.3 Å². The Kier molecular flexibility index (Phi) is 4.48. The summed E-state index contributed by atoms with van der Waals surface area (Å²) in [6.45, 7) is 2.10. The maximum absolute atomic E-state index is 17.1. The van der Waals surface area contributed by atoms with E-state index < -0.39 is 23.1 Å². The third-order valence-corrected chi connectivity index (χ3v) is 7.19. The standard InChI is InChI=1S/C30H19F5/c1-2-3-18-4-6-19(7-5-18)8-14-24-23-15-13-22-16-25(23)27-17-26(24)28(31,29(22,27)32)20-9-11-21(12-10-20)30(33,34)35/h4-7,9-13,15-17H,2-3H2,1H3. The van der Waals surface area contributed by atoms with Crippen molar-refractivity contribution < 1.29 is 22.0 Å². The summed E-state index contributed by atoms with van der Waals surface area (Å²) in [5.41, 5.74) is -3.56. The summed E-state index contributed by atoms with van der Waals surface area (Å²) in [7, 11) is 0. The number of allylic oxidation sites excluding steroid dienone is 2. The molecule has 2 unspecified atom stereocenters. The van der Waals surface area contributed by atoms with Crippen LogP contribution in [0.5, 0.6) is 0 Å². The lowest BCUT2D eigenvalue weighted by Crippen LogP contribution is -2.41. The van der Waals surface area contributed by atoms with E-state index >= 15 is 8.78 Å². The van der Waals surface area contributed by atoms with Gasteiger partial charge in [-0.25, -0.2) is 8.78 Å². The number of hydrogen-bond acceptors (Lipinski definition) is 0. The van der Waals surface area contributed by atoms with E-state index in [2.05, 4.69) is 18.8 Å². The van der Waals surface area contributed by atoms with Crippen molar-refractivity contribution in [3.05, 3.63) is 117 Å². The highest BCUT2D eigenvalue weighted by Crippen LogP contribution is 2.64. The van der Waals surface area contributed by atoms with E-state index in [-0.39, 0.29) is 22.3 Å². The molecule has 5 heteroatoms. The third-order valence-electron chi connectivity index (χ3n) is 7.19. The number of halogens is 5. The van der Waals surface area contributed by atoms with Crippen molar-refractivity contribution in [2.45, 2.75) is 37.3 Å². The van der Waals surface area contributed by atoms with Crippen molar-refractivity contribution in [2.75, 3.05) is 0 Å². The normalized spacial score (nSPS) is 23.4. The molecule has 0 saturated heterocycles. The van der Waals surface area contributed by atoms with Gasteiger partial charge in [-0.05, 0) is 70.0 Å². The first-order valence-electron chi connectivity index (χ1n) is 11.5. The molecule has 0 fully saturated rings. The molecule has 0 aromatic heterocycles. The smallest absolute Gasteiger partial charge is 0.229 e. The molecule has 2 atom stereocenters. The third kappa shape index (κ3) is 2.86. The molecule has 35 heavy (non-hydrogen) atoms. The van der Waals surface area contributed by atoms with Gasteiger partial charge in [0.25, 0.3) is 0 Å². The molecule has 3 aliphatic rings. The zero-order chi connectivity index (χ0) is 24.6. The molecule has 0 N–H and O–H groups in total. The van der Waals surface area contributed by atoms with Crippen LogP contribution >= 0.6 is 0 Å². The van der Waals surface area contributed by atoms with Crippen LogP contribution in [0.3, 0.4) is 0 Å². The van der Waals surface area contributed by atoms with Crippen molar-refractivity contribution >= 4 is 11.1 Å². The molecule has 3 aromatic rings. The average Bonchev–Trinajstić information content (AvgIpc) is 3.22. The molecule has 6 rings (SSSR count). The molecule has 0 heterocycles. The molecule has 0 amide bonds. The van der Waals surface area contributed by atoms with Gasteiger partial charge < -0.3 is 0 Å². The molecule has 3 aromatic carbocycles. The van der Waals surface area contributed by atoms with Crippen molar-refractivity contribution in [2.24, 2.45) is 0 Å². The summed E-state index contributed by atoms with van der Waals surface area (Å²) in [4.78, 5) is 0. The van der Waals surface area contributed by atoms with Gasteiger partial charge in [0, 0.05) is 22.3 Å². The summed E-state index contributed by atoms with van der Waals surface area (Å²) in [6, 6.07) is 16.4. The average molecular weight is 474 g/mol. The van der Waals surface area contributed by atoms with E-state index in [9.17, 15) is 13.2 Å². The SMILES string of the molecule is CCCc1ccc(C#CC2=c3ccc4cc3=C3C=C2C(F)(c2ccc(C(F)(F)F)cc2)C34F)cc1. The van der Waals surface area contributed by atoms with Crippen LogP contribution in [0.1, 0.15) is 41.2 Å². The predicted octanol–water partition coefficient (Wildman–Crippen LogP) is 6.01. The maximum atomic E-state index is 17.1. The zero-order valence-electron chi connectivity index (χ0n) is 18.7. The first-order valence-corrected chi connectivity index (χ1v) is 11.5. The van der Waals surface area contributed by atoms with Crippen LogP contribution in [0.25, 0.3) is 11.1 Å². The fraction of sp³-hybridized carbons (Fsp3) is 0.200. The van der Waals surface area contributed by atoms with E-state index in [4.69, 9.17) is 0 Å². The van der Waals surface area contributed by atoms with Crippen LogP contribution in [-0.2, 0) is 23.9 Å². The van der Waals surface area contributed by atoms with Gasteiger partial charge in [0.1, 0.15) is 0 Å². The second kappa shape index (κ2) is 7.18. The lowest BCUT2D eigenvalue weighted by atomic mass is 9.73. The van der Waals surface area contributed by atoms with Crippen LogP contribution < -0.4 is 10.4 Å². The monoisotopic (exact) mass is 474 g/mol. The van der Waals surface area contributed by atoms with Gasteiger partial charge in [-0.2, -0.15) is 13.2 Å². The van der Waals surface area contributed by atoms with Crippen molar-refractivity contribution in [3.8, 4) is 11.8 Å². The number of rotatable bonds is 3.